The summed E-state index contributed by atoms with van der Waals surface area (Å²) in [4.78, 5) is 10.4. The molecule has 0 saturated heterocycles. The van der Waals surface area contributed by atoms with Crippen molar-refractivity contribution in [2.75, 3.05) is 0 Å². The summed E-state index contributed by atoms with van der Waals surface area (Å²) in [6.07, 6.45) is 0.0454. The number of rotatable bonds is 4. The van der Waals surface area contributed by atoms with E-state index in [0.29, 0.717) is 0 Å². The van der Waals surface area contributed by atoms with Crippen molar-refractivity contribution >= 4 is 5.97 Å². The molecule has 1 aromatic carbocycles. The third-order valence-corrected chi connectivity index (χ3v) is 2.47. The summed E-state index contributed by atoms with van der Waals surface area (Å²) in [6, 6.07) is 1.70. The van der Waals surface area contributed by atoms with Crippen LogP contribution in [0.15, 0.2) is 12.1 Å². The molecule has 0 aromatic heterocycles. The van der Waals surface area contributed by atoms with Gasteiger partial charge in [0.1, 0.15) is 11.6 Å². The summed E-state index contributed by atoms with van der Waals surface area (Å²) in [7, 11) is 0. The first-order valence-corrected chi connectivity index (χ1v) is 4.88. The van der Waals surface area contributed by atoms with Crippen LogP contribution in [0.1, 0.15) is 30.0 Å². The van der Waals surface area contributed by atoms with Gasteiger partial charge in [0.05, 0.1) is 0 Å². The lowest BCUT2D eigenvalue weighted by Crippen LogP contribution is -2.14. The van der Waals surface area contributed by atoms with E-state index in [-0.39, 0.29) is 29.7 Å². The van der Waals surface area contributed by atoms with Gasteiger partial charge in [0, 0.05) is 18.0 Å². The molecule has 0 amide bonds. The second-order valence-electron chi connectivity index (χ2n) is 3.64. The Kier molecular flexibility index (Phi) is 3.84. The second kappa shape index (κ2) is 4.94. The molecule has 0 heterocycles. The van der Waals surface area contributed by atoms with Gasteiger partial charge < -0.3 is 15.9 Å². The van der Waals surface area contributed by atoms with Crippen LogP contribution >= 0.6 is 0 Å². The van der Waals surface area contributed by atoms with Gasteiger partial charge in [-0.2, -0.15) is 0 Å². The number of carbonyl (C=O) groups is 1. The van der Waals surface area contributed by atoms with Gasteiger partial charge in [0.15, 0.2) is 0 Å². The van der Waals surface area contributed by atoms with Crippen LogP contribution in [0.25, 0.3) is 0 Å². The highest BCUT2D eigenvalue weighted by Crippen LogP contribution is 2.30. The summed E-state index contributed by atoms with van der Waals surface area (Å²) in [6.45, 7) is 1.50. The molecule has 5 heteroatoms. The van der Waals surface area contributed by atoms with Crippen LogP contribution in [-0.2, 0) is 4.79 Å². The molecule has 0 aliphatic carbocycles. The van der Waals surface area contributed by atoms with Crippen LogP contribution in [0.2, 0.25) is 0 Å². The van der Waals surface area contributed by atoms with Crippen LogP contribution in [0.5, 0.6) is 5.75 Å². The molecule has 0 spiro atoms. The third-order valence-electron chi connectivity index (χ3n) is 2.47. The minimum absolute atomic E-state index is 0.100. The molecular formula is C11H14FNO3. The van der Waals surface area contributed by atoms with Crippen molar-refractivity contribution in [3.8, 4) is 5.75 Å². The van der Waals surface area contributed by atoms with E-state index in [1.165, 1.54) is 13.0 Å². The maximum absolute atomic E-state index is 13.2. The zero-order valence-corrected chi connectivity index (χ0v) is 8.90. The number of aromatic hydroxyl groups is 1. The second-order valence-corrected chi connectivity index (χ2v) is 3.64. The number of phenols is 1. The number of phenolic OH excluding ortho intramolecular Hbond substituents is 1. The van der Waals surface area contributed by atoms with Gasteiger partial charge in [-0.15, -0.1) is 0 Å². The molecule has 0 aliphatic rings. The Bertz CT molecular complexity index is 406. The van der Waals surface area contributed by atoms with Crippen molar-refractivity contribution in [2.45, 2.75) is 25.8 Å². The Balaban J connectivity index is 2.94. The van der Waals surface area contributed by atoms with Crippen molar-refractivity contribution in [3.05, 3.63) is 29.1 Å². The van der Waals surface area contributed by atoms with Crippen LogP contribution in [-0.4, -0.2) is 16.2 Å². The number of hydrogen-bond donors (Lipinski definition) is 3. The maximum Gasteiger partial charge on any atom is 0.303 e. The molecule has 0 bridgehead atoms. The molecule has 1 unspecified atom stereocenters. The van der Waals surface area contributed by atoms with E-state index in [1.807, 2.05) is 0 Å². The van der Waals surface area contributed by atoms with Crippen molar-refractivity contribution in [2.24, 2.45) is 5.73 Å². The Hall–Kier alpha value is -1.62. The average molecular weight is 227 g/mol. The number of halogens is 1. The molecule has 16 heavy (non-hydrogen) atoms. The van der Waals surface area contributed by atoms with Gasteiger partial charge in [-0.05, 0) is 31.0 Å². The van der Waals surface area contributed by atoms with E-state index in [2.05, 4.69) is 0 Å². The lowest BCUT2D eigenvalue weighted by atomic mass is 9.97. The fraction of sp³-hybridized carbons (Fsp3) is 0.364. The molecule has 0 saturated carbocycles. The molecule has 1 rings (SSSR count). The number of carboxylic acids is 1. The predicted octanol–water partition coefficient (Wildman–Crippen LogP) is 1.70. The third kappa shape index (κ3) is 2.70. The predicted molar refractivity (Wildman–Crippen MR) is 56.6 cm³/mol. The lowest BCUT2D eigenvalue weighted by Gasteiger charge is -2.15. The van der Waals surface area contributed by atoms with Gasteiger partial charge in [0.2, 0.25) is 0 Å². The number of nitrogens with two attached hydrogens (primary N) is 1. The number of hydrogen-bond acceptors (Lipinski definition) is 3. The molecule has 4 nitrogen and oxygen atoms in total. The summed E-state index contributed by atoms with van der Waals surface area (Å²) in [5.74, 6) is -1.53. The number of carboxylic acid groups (broad SMARTS) is 1. The number of benzene rings is 1. The highest BCUT2D eigenvalue weighted by Gasteiger charge is 2.17. The summed E-state index contributed by atoms with van der Waals surface area (Å²) in [5.41, 5.74) is 6.26. The summed E-state index contributed by atoms with van der Waals surface area (Å²) in [5, 5.41) is 18.1. The quantitative estimate of drug-likeness (QED) is 0.731. The molecule has 4 N–H and O–H groups in total. The Morgan fingerprint density at radius 1 is 1.56 bits per heavy atom. The van der Waals surface area contributed by atoms with E-state index >= 15 is 0 Å². The first-order valence-electron chi connectivity index (χ1n) is 4.88. The first-order chi connectivity index (χ1) is 7.43. The van der Waals surface area contributed by atoms with Crippen LogP contribution in [0.4, 0.5) is 4.39 Å². The Morgan fingerprint density at radius 3 is 2.75 bits per heavy atom. The smallest absolute Gasteiger partial charge is 0.303 e. The van der Waals surface area contributed by atoms with E-state index in [0.717, 1.165) is 6.07 Å². The van der Waals surface area contributed by atoms with Crippen LogP contribution in [0, 0.1) is 12.7 Å². The van der Waals surface area contributed by atoms with Gasteiger partial charge in [-0.1, -0.05) is 0 Å². The zero-order valence-electron chi connectivity index (χ0n) is 8.90. The summed E-state index contributed by atoms with van der Waals surface area (Å²) < 4.78 is 13.2. The van der Waals surface area contributed by atoms with Gasteiger partial charge in [-0.3, -0.25) is 4.79 Å². The monoisotopic (exact) mass is 227 g/mol. The highest BCUT2D eigenvalue weighted by molar-refractivity contribution is 5.66. The van der Waals surface area contributed by atoms with E-state index in [4.69, 9.17) is 10.8 Å². The SMILES string of the molecule is Cc1c(F)ccc(O)c1C(N)CCC(=O)O. The van der Waals surface area contributed by atoms with E-state index in [9.17, 15) is 14.3 Å². The Morgan fingerprint density at radius 2 is 2.19 bits per heavy atom. The van der Waals surface area contributed by atoms with E-state index < -0.39 is 17.8 Å². The minimum Gasteiger partial charge on any atom is -0.508 e. The standard InChI is InChI=1S/C11H14FNO3/c1-6-7(12)2-4-9(14)11(6)8(13)3-5-10(15)16/h2,4,8,14H,3,5,13H2,1H3,(H,15,16). The van der Waals surface area contributed by atoms with Gasteiger partial charge in [-0.25, -0.2) is 4.39 Å². The number of aliphatic carboxylic acids is 1. The molecular weight excluding hydrogens is 213 g/mol. The lowest BCUT2D eigenvalue weighted by molar-refractivity contribution is -0.137. The van der Waals surface area contributed by atoms with Crippen molar-refractivity contribution in [1.29, 1.82) is 0 Å². The van der Waals surface area contributed by atoms with Crippen molar-refractivity contribution in [3.63, 3.8) is 0 Å². The van der Waals surface area contributed by atoms with Crippen molar-refractivity contribution < 1.29 is 19.4 Å². The maximum atomic E-state index is 13.2. The van der Waals surface area contributed by atoms with Crippen LogP contribution in [0.3, 0.4) is 0 Å². The largest absolute Gasteiger partial charge is 0.508 e. The van der Waals surface area contributed by atoms with Crippen molar-refractivity contribution in [1.82, 2.24) is 0 Å². The molecule has 1 atom stereocenters. The molecule has 88 valence electrons. The fourth-order valence-corrected chi connectivity index (χ4v) is 1.58. The normalized spacial score (nSPS) is 12.4. The Labute approximate surface area is 92.5 Å². The van der Waals surface area contributed by atoms with Gasteiger partial charge >= 0.3 is 5.97 Å². The fourth-order valence-electron chi connectivity index (χ4n) is 1.58. The molecule has 0 aliphatic heterocycles. The minimum atomic E-state index is -0.969. The first kappa shape index (κ1) is 12.4. The highest BCUT2D eigenvalue weighted by atomic mass is 19.1. The van der Waals surface area contributed by atoms with E-state index in [1.54, 1.807) is 0 Å². The molecule has 0 fully saturated rings. The summed E-state index contributed by atoms with van der Waals surface area (Å²) >= 11 is 0. The zero-order chi connectivity index (χ0) is 12.3. The van der Waals surface area contributed by atoms with Gasteiger partial charge in [0.25, 0.3) is 0 Å². The molecule has 0 radical (unpaired) electrons. The topological polar surface area (TPSA) is 83.5 Å². The molecule has 1 aromatic rings. The van der Waals surface area contributed by atoms with Crippen LogP contribution < -0.4 is 5.73 Å². The average Bonchev–Trinajstić information content (AvgIpc) is 2.21.